The van der Waals surface area contributed by atoms with Crippen molar-refractivity contribution in [1.82, 2.24) is 5.32 Å². The molecule has 0 rings (SSSR count). The first-order chi connectivity index (χ1) is 5.26. The second kappa shape index (κ2) is 12.6. The first-order valence-corrected chi connectivity index (χ1v) is 4.99. The molecule has 0 aromatic rings. The summed E-state index contributed by atoms with van der Waals surface area (Å²) in [5.41, 5.74) is 0. The van der Waals surface area contributed by atoms with Crippen LogP contribution in [0.15, 0.2) is 0 Å². The standard InChI is InChI=1S/C7H17N.C3H8/c1-4-7(5-2)8-6-3;1-3-2/h7-8H,4-6H2,1-3H3;3H2,1-2H3. The Kier molecular flexibility index (Phi) is 15.5. The number of nitrogens with one attached hydrogen (secondary N) is 1. The van der Waals surface area contributed by atoms with Gasteiger partial charge in [0.15, 0.2) is 0 Å². The maximum Gasteiger partial charge on any atom is 0.00616 e. The molecule has 1 N–H and O–H groups in total. The maximum atomic E-state index is 3.38. The van der Waals surface area contributed by atoms with Crippen LogP contribution in [0.5, 0.6) is 0 Å². The largest absolute Gasteiger partial charge is 0.314 e. The molecule has 0 radical (unpaired) electrons. The Morgan fingerprint density at radius 2 is 1.27 bits per heavy atom. The summed E-state index contributed by atoms with van der Waals surface area (Å²) < 4.78 is 0. The van der Waals surface area contributed by atoms with Gasteiger partial charge in [-0.1, -0.05) is 41.0 Å². The second-order valence-corrected chi connectivity index (χ2v) is 2.78. The molecular formula is C10H25N. The van der Waals surface area contributed by atoms with E-state index in [1.165, 1.54) is 19.3 Å². The fourth-order valence-electron chi connectivity index (χ4n) is 0.866. The molecular weight excluding hydrogens is 134 g/mol. The van der Waals surface area contributed by atoms with Crippen molar-refractivity contribution in [2.24, 2.45) is 0 Å². The molecule has 70 valence electrons. The van der Waals surface area contributed by atoms with E-state index in [1.54, 1.807) is 0 Å². The molecule has 0 fully saturated rings. The van der Waals surface area contributed by atoms with Crippen molar-refractivity contribution in [3.8, 4) is 0 Å². The normalized spacial score (nSPS) is 9.27. The number of rotatable bonds is 4. The molecule has 0 aromatic carbocycles. The summed E-state index contributed by atoms with van der Waals surface area (Å²) in [6.07, 6.45) is 3.76. The second-order valence-electron chi connectivity index (χ2n) is 2.78. The average molecular weight is 159 g/mol. The van der Waals surface area contributed by atoms with Crippen LogP contribution in [0.3, 0.4) is 0 Å². The summed E-state index contributed by atoms with van der Waals surface area (Å²) in [5.74, 6) is 0. The molecule has 11 heavy (non-hydrogen) atoms. The summed E-state index contributed by atoms with van der Waals surface area (Å²) in [6.45, 7) is 11.9. The van der Waals surface area contributed by atoms with E-state index in [2.05, 4.69) is 39.9 Å². The third-order valence-electron chi connectivity index (χ3n) is 1.48. The van der Waals surface area contributed by atoms with Gasteiger partial charge in [-0.3, -0.25) is 0 Å². The lowest BCUT2D eigenvalue weighted by Crippen LogP contribution is -2.26. The number of hydrogen-bond donors (Lipinski definition) is 1. The van der Waals surface area contributed by atoms with E-state index in [4.69, 9.17) is 0 Å². The van der Waals surface area contributed by atoms with Crippen LogP contribution in [0.25, 0.3) is 0 Å². The molecule has 1 nitrogen and oxygen atoms in total. The minimum atomic E-state index is 0.750. The van der Waals surface area contributed by atoms with Gasteiger partial charge in [-0.05, 0) is 19.4 Å². The molecule has 0 aromatic heterocycles. The van der Waals surface area contributed by atoms with E-state index in [0.717, 1.165) is 12.6 Å². The highest BCUT2D eigenvalue weighted by Crippen LogP contribution is 1.93. The van der Waals surface area contributed by atoms with Crippen LogP contribution >= 0.6 is 0 Å². The van der Waals surface area contributed by atoms with Gasteiger partial charge in [0.05, 0.1) is 0 Å². The van der Waals surface area contributed by atoms with Gasteiger partial charge in [0.1, 0.15) is 0 Å². The molecule has 0 aliphatic rings. The van der Waals surface area contributed by atoms with Crippen molar-refractivity contribution in [3.05, 3.63) is 0 Å². The van der Waals surface area contributed by atoms with Crippen molar-refractivity contribution in [2.45, 2.75) is 59.9 Å². The first-order valence-electron chi connectivity index (χ1n) is 4.99. The molecule has 1 heteroatoms. The Morgan fingerprint density at radius 3 is 1.36 bits per heavy atom. The Morgan fingerprint density at radius 1 is 0.909 bits per heavy atom. The SMILES string of the molecule is CCC.CCNC(CC)CC. The summed E-state index contributed by atoms with van der Waals surface area (Å²) >= 11 is 0. The van der Waals surface area contributed by atoms with Gasteiger partial charge in [-0.15, -0.1) is 0 Å². The zero-order valence-corrected chi connectivity index (χ0v) is 8.91. The van der Waals surface area contributed by atoms with Gasteiger partial charge in [0, 0.05) is 6.04 Å². The lowest BCUT2D eigenvalue weighted by atomic mass is 10.2. The van der Waals surface area contributed by atoms with Crippen molar-refractivity contribution in [1.29, 1.82) is 0 Å². The fraction of sp³-hybridized carbons (Fsp3) is 1.00. The van der Waals surface area contributed by atoms with Gasteiger partial charge in [-0.2, -0.15) is 0 Å². The predicted molar refractivity (Wildman–Crippen MR) is 54.0 cm³/mol. The summed E-state index contributed by atoms with van der Waals surface area (Å²) in [7, 11) is 0. The summed E-state index contributed by atoms with van der Waals surface area (Å²) in [4.78, 5) is 0. The molecule has 0 bridgehead atoms. The van der Waals surface area contributed by atoms with Gasteiger partial charge >= 0.3 is 0 Å². The quantitative estimate of drug-likeness (QED) is 0.664. The molecule has 0 heterocycles. The van der Waals surface area contributed by atoms with Crippen LogP contribution in [0.2, 0.25) is 0 Å². The van der Waals surface area contributed by atoms with Crippen LogP contribution in [0.4, 0.5) is 0 Å². The maximum absolute atomic E-state index is 3.38. The van der Waals surface area contributed by atoms with E-state index in [-0.39, 0.29) is 0 Å². The molecule has 0 spiro atoms. The van der Waals surface area contributed by atoms with Crippen LogP contribution in [0, 0.1) is 0 Å². The van der Waals surface area contributed by atoms with Crippen LogP contribution in [0.1, 0.15) is 53.9 Å². The summed E-state index contributed by atoms with van der Waals surface area (Å²) in [6, 6.07) is 0.750. The van der Waals surface area contributed by atoms with E-state index in [0.29, 0.717) is 0 Å². The Labute approximate surface area is 72.6 Å². The highest BCUT2D eigenvalue weighted by Gasteiger charge is 1.96. The predicted octanol–water partition coefficient (Wildman–Crippen LogP) is 3.20. The first kappa shape index (κ1) is 13.5. The molecule has 0 aliphatic heterocycles. The summed E-state index contributed by atoms with van der Waals surface area (Å²) in [5, 5.41) is 3.38. The monoisotopic (exact) mass is 159 g/mol. The van der Waals surface area contributed by atoms with Crippen LogP contribution in [-0.4, -0.2) is 12.6 Å². The van der Waals surface area contributed by atoms with Gasteiger partial charge in [-0.25, -0.2) is 0 Å². The molecule has 0 amide bonds. The van der Waals surface area contributed by atoms with Gasteiger partial charge in [0.2, 0.25) is 0 Å². The zero-order valence-electron chi connectivity index (χ0n) is 8.91. The molecule has 0 unspecified atom stereocenters. The molecule has 0 saturated carbocycles. The van der Waals surface area contributed by atoms with Crippen molar-refractivity contribution in [3.63, 3.8) is 0 Å². The third-order valence-corrected chi connectivity index (χ3v) is 1.48. The van der Waals surface area contributed by atoms with E-state index in [1.807, 2.05) is 0 Å². The van der Waals surface area contributed by atoms with Crippen LogP contribution < -0.4 is 5.32 Å². The van der Waals surface area contributed by atoms with Crippen molar-refractivity contribution in [2.75, 3.05) is 6.54 Å². The topological polar surface area (TPSA) is 12.0 Å². The smallest absolute Gasteiger partial charge is 0.00616 e. The molecule has 0 atom stereocenters. The Balaban J connectivity index is 0. The minimum absolute atomic E-state index is 0.750. The number of hydrogen-bond acceptors (Lipinski definition) is 1. The van der Waals surface area contributed by atoms with E-state index < -0.39 is 0 Å². The lowest BCUT2D eigenvalue weighted by Gasteiger charge is -2.11. The van der Waals surface area contributed by atoms with E-state index >= 15 is 0 Å². The third kappa shape index (κ3) is 13.0. The van der Waals surface area contributed by atoms with Gasteiger partial charge < -0.3 is 5.32 Å². The Bertz CT molecular complexity index is 48.8. The fourth-order valence-corrected chi connectivity index (χ4v) is 0.866. The highest BCUT2D eigenvalue weighted by molar-refractivity contribution is 4.59. The minimum Gasteiger partial charge on any atom is -0.314 e. The van der Waals surface area contributed by atoms with Crippen LogP contribution in [-0.2, 0) is 0 Å². The highest BCUT2D eigenvalue weighted by atomic mass is 14.9. The Hall–Kier alpha value is -0.0400. The van der Waals surface area contributed by atoms with Gasteiger partial charge in [0.25, 0.3) is 0 Å². The lowest BCUT2D eigenvalue weighted by molar-refractivity contribution is 0.499. The zero-order chi connectivity index (χ0) is 9.11. The molecule has 0 saturated heterocycles. The average Bonchev–Trinajstić information content (AvgIpc) is 2.02. The van der Waals surface area contributed by atoms with Crippen molar-refractivity contribution >= 4 is 0 Å². The van der Waals surface area contributed by atoms with Crippen molar-refractivity contribution < 1.29 is 0 Å². The van der Waals surface area contributed by atoms with E-state index in [9.17, 15) is 0 Å². The molecule has 0 aliphatic carbocycles.